The van der Waals surface area contributed by atoms with Crippen molar-refractivity contribution in [1.82, 2.24) is 15.2 Å². The second-order valence-electron chi connectivity index (χ2n) is 10.1. The summed E-state index contributed by atoms with van der Waals surface area (Å²) in [4.78, 5) is 17.4. The number of nitrogens with one attached hydrogen (secondary N) is 2. The van der Waals surface area contributed by atoms with E-state index in [1.807, 2.05) is 44.1 Å². The van der Waals surface area contributed by atoms with Gasteiger partial charge in [0.1, 0.15) is 0 Å². The van der Waals surface area contributed by atoms with Gasteiger partial charge in [0.15, 0.2) is 6.29 Å². The Hall–Kier alpha value is -2.90. The molecule has 3 aromatic rings. The lowest BCUT2D eigenvalue weighted by molar-refractivity contribution is 0.0425. The maximum Gasteiger partial charge on any atom is 0.299 e. The van der Waals surface area contributed by atoms with E-state index in [0.717, 1.165) is 48.4 Å². The largest absolute Gasteiger partial charge is 0.383 e. The number of piperidine rings is 1. The molecule has 0 atom stereocenters. The summed E-state index contributed by atoms with van der Waals surface area (Å²) in [6.45, 7) is 4.16. The third-order valence-electron chi connectivity index (χ3n) is 7.12. The van der Waals surface area contributed by atoms with E-state index < -0.39 is 5.92 Å². The van der Waals surface area contributed by atoms with Crippen LogP contribution in [0.5, 0.6) is 0 Å². The minimum Gasteiger partial charge on any atom is -0.383 e. The molecule has 2 N–H and O–H groups in total. The van der Waals surface area contributed by atoms with Gasteiger partial charge in [-0.05, 0) is 79.8 Å². The molecule has 202 valence electrons. The van der Waals surface area contributed by atoms with Gasteiger partial charge < -0.3 is 15.2 Å². The molecule has 0 radical (unpaired) electrons. The molecule has 1 aliphatic rings. The number of halogens is 2. The highest BCUT2D eigenvalue weighted by Gasteiger charge is 2.37. The van der Waals surface area contributed by atoms with Gasteiger partial charge in [0.05, 0.1) is 5.69 Å². The van der Waals surface area contributed by atoms with E-state index in [9.17, 15) is 4.79 Å². The molecule has 4 nitrogen and oxygen atoms in total. The first-order chi connectivity index (χ1) is 18.3. The summed E-state index contributed by atoms with van der Waals surface area (Å²) in [5.41, 5.74) is 2.93. The van der Waals surface area contributed by atoms with Gasteiger partial charge in [0.2, 0.25) is 0 Å². The number of carbonyl (C=O) groups excluding carboxylic acids is 1. The molecule has 0 bridgehead atoms. The Labute approximate surface area is 228 Å². The normalized spacial score (nSPS) is 15.0. The first kappa shape index (κ1) is 28.1. The standard InChI is InChI=1S/C31H37F2N3OS/c1-4-38-25-11-12-29(27(19-25)28(20-36(2)3)26-15-18-35-30(26)21-37)31(32,33)24-9-7-22(8-10-24)5-6-23-13-16-34-17-14-23/h7-12,15,18-21,23,34-35H,4-6,13-14,16-17H2,1-3H3/b28-20+. The molecule has 0 spiro atoms. The van der Waals surface area contributed by atoms with E-state index in [4.69, 9.17) is 0 Å². The Morgan fingerprint density at radius 3 is 2.47 bits per heavy atom. The molecule has 1 aliphatic heterocycles. The predicted octanol–water partition coefficient (Wildman–Crippen LogP) is 6.96. The molecular formula is C31H37F2N3OS. The predicted molar refractivity (Wildman–Crippen MR) is 153 cm³/mol. The SMILES string of the molecule is CCSc1ccc(C(F)(F)c2ccc(CCC3CCNCC3)cc2)c(/C(=C/N(C)C)c2cc[nH]c2C=O)c1. The molecule has 0 aliphatic carbocycles. The highest BCUT2D eigenvalue weighted by Crippen LogP contribution is 2.43. The number of rotatable bonds is 11. The Morgan fingerprint density at radius 2 is 1.82 bits per heavy atom. The highest BCUT2D eigenvalue weighted by molar-refractivity contribution is 7.99. The second-order valence-corrected chi connectivity index (χ2v) is 11.4. The molecule has 1 fully saturated rings. The lowest BCUT2D eigenvalue weighted by Gasteiger charge is -2.24. The van der Waals surface area contributed by atoms with Crippen LogP contribution < -0.4 is 5.32 Å². The van der Waals surface area contributed by atoms with Crippen LogP contribution in [0.15, 0.2) is 65.8 Å². The number of nitrogens with zero attached hydrogens (tertiary/aromatic N) is 1. The molecule has 7 heteroatoms. The van der Waals surface area contributed by atoms with E-state index in [2.05, 4.69) is 10.3 Å². The molecule has 1 saturated heterocycles. The fraction of sp³-hybridized carbons (Fsp3) is 0.387. The number of aromatic amines is 1. The number of thioether (sulfide) groups is 1. The summed E-state index contributed by atoms with van der Waals surface area (Å²) in [6.07, 6.45) is 8.55. The third kappa shape index (κ3) is 6.56. The maximum absolute atomic E-state index is 16.3. The summed E-state index contributed by atoms with van der Waals surface area (Å²) in [5, 5.41) is 3.39. The van der Waals surface area contributed by atoms with Crippen molar-refractivity contribution in [1.29, 1.82) is 0 Å². The van der Waals surface area contributed by atoms with Gasteiger partial charge in [-0.1, -0.05) is 37.3 Å². The van der Waals surface area contributed by atoms with Crippen molar-refractivity contribution in [2.45, 2.75) is 43.4 Å². The number of aromatic nitrogens is 1. The maximum atomic E-state index is 16.3. The number of alkyl halides is 2. The number of hydrogen-bond donors (Lipinski definition) is 2. The summed E-state index contributed by atoms with van der Waals surface area (Å²) < 4.78 is 32.5. The monoisotopic (exact) mass is 537 g/mol. The number of aryl methyl sites for hydroxylation is 1. The molecule has 0 saturated carbocycles. The van der Waals surface area contributed by atoms with Crippen molar-refractivity contribution in [2.75, 3.05) is 32.9 Å². The second kappa shape index (κ2) is 12.8. The summed E-state index contributed by atoms with van der Waals surface area (Å²) >= 11 is 1.60. The number of carbonyl (C=O) groups is 1. The third-order valence-corrected chi connectivity index (χ3v) is 8.00. The molecule has 0 amide bonds. The van der Waals surface area contributed by atoms with Crippen molar-refractivity contribution >= 4 is 23.6 Å². The average Bonchev–Trinajstić information content (AvgIpc) is 3.40. The van der Waals surface area contributed by atoms with Crippen molar-refractivity contribution in [3.63, 3.8) is 0 Å². The van der Waals surface area contributed by atoms with Crippen LogP contribution in [-0.4, -0.2) is 49.1 Å². The molecule has 2 heterocycles. The smallest absolute Gasteiger partial charge is 0.299 e. The topological polar surface area (TPSA) is 48.1 Å². The Bertz CT molecular complexity index is 1240. The van der Waals surface area contributed by atoms with Gasteiger partial charge >= 0.3 is 0 Å². The zero-order valence-corrected chi connectivity index (χ0v) is 23.2. The van der Waals surface area contributed by atoms with E-state index in [1.54, 1.807) is 48.4 Å². The minimum atomic E-state index is -3.22. The van der Waals surface area contributed by atoms with Gasteiger partial charge in [0.25, 0.3) is 5.92 Å². The number of hydrogen-bond acceptors (Lipinski definition) is 4. The van der Waals surface area contributed by atoms with Crippen LogP contribution in [0, 0.1) is 5.92 Å². The van der Waals surface area contributed by atoms with Crippen LogP contribution in [0.25, 0.3) is 5.57 Å². The summed E-state index contributed by atoms with van der Waals surface area (Å²) in [5.74, 6) is -1.70. The fourth-order valence-corrected chi connectivity index (χ4v) is 5.81. The van der Waals surface area contributed by atoms with E-state index in [0.29, 0.717) is 28.3 Å². The molecule has 0 unspecified atom stereocenters. The summed E-state index contributed by atoms with van der Waals surface area (Å²) in [7, 11) is 3.69. The van der Waals surface area contributed by atoms with E-state index >= 15 is 8.78 Å². The van der Waals surface area contributed by atoms with Gasteiger partial charge in [-0.25, -0.2) is 0 Å². The van der Waals surface area contributed by atoms with Gasteiger partial charge in [0, 0.05) is 53.7 Å². The number of aldehydes is 1. The Kier molecular flexibility index (Phi) is 9.44. The Balaban J connectivity index is 1.71. The van der Waals surface area contributed by atoms with Crippen LogP contribution >= 0.6 is 11.8 Å². The number of benzene rings is 2. The first-order valence-corrected chi connectivity index (χ1v) is 14.3. The van der Waals surface area contributed by atoms with Crippen molar-refractivity contribution < 1.29 is 13.6 Å². The van der Waals surface area contributed by atoms with Gasteiger partial charge in [-0.3, -0.25) is 4.79 Å². The van der Waals surface area contributed by atoms with Crippen LogP contribution in [-0.2, 0) is 12.3 Å². The van der Waals surface area contributed by atoms with Crippen LogP contribution in [0.2, 0.25) is 0 Å². The van der Waals surface area contributed by atoms with Crippen molar-refractivity contribution in [3.8, 4) is 0 Å². The molecule has 4 rings (SSSR count). The fourth-order valence-electron chi connectivity index (χ4n) is 5.11. The highest BCUT2D eigenvalue weighted by atomic mass is 32.2. The van der Waals surface area contributed by atoms with Gasteiger partial charge in [-0.2, -0.15) is 8.78 Å². The minimum absolute atomic E-state index is 0.0332. The lowest BCUT2D eigenvalue weighted by Crippen LogP contribution is -2.27. The van der Waals surface area contributed by atoms with Crippen LogP contribution in [0.3, 0.4) is 0 Å². The molecule has 38 heavy (non-hydrogen) atoms. The molecule has 1 aromatic heterocycles. The summed E-state index contributed by atoms with van der Waals surface area (Å²) in [6, 6.07) is 13.7. The molecular weight excluding hydrogens is 500 g/mol. The van der Waals surface area contributed by atoms with Crippen molar-refractivity contribution in [2.24, 2.45) is 5.92 Å². The van der Waals surface area contributed by atoms with Gasteiger partial charge in [-0.15, -0.1) is 11.8 Å². The lowest BCUT2D eigenvalue weighted by atomic mass is 9.88. The zero-order valence-electron chi connectivity index (χ0n) is 22.4. The quantitative estimate of drug-likeness (QED) is 0.205. The van der Waals surface area contributed by atoms with Crippen LogP contribution in [0.1, 0.15) is 64.5 Å². The first-order valence-electron chi connectivity index (χ1n) is 13.3. The average molecular weight is 538 g/mol. The Morgan fingerprint density at radius 1 is 1.08 bits per heavy atom. The zero-order chi connectivity index (χ0) is 27.1. The van der Waals surface area contributed by atoms with E-state index in [1.165, 1.54) is 18.9 Å². The molecule has 2 aromatic carbocycles. The van der Waals surface area contributed by atoms with Crippen LogP contribution in [0.4, 0.5) is 8.78 Å². The van der Waals surface area contributed by atoms with E-state index in [-0.39, 0.29) is 11.1 Å². The number of H-pyrrole nitrogens is 1. The van der Waals surface area contributed by atoms with Crippen molar-refractivity contribution in [3.05, 3.63) is 94.4 Å².